The third kappa shape index (κ3) is 4.92. The summed E-state index contributed by atoms with van der Waals surface area (Å²) in [4.78, 5) is 24.6. The quantitative estimate of drug-likeness (QED) is 0.393. The molecule has 0 saturated heterocycles. The second kappa shape index (κ2) is 8.61. The molecular formula is C23H26O3. The third-order valence-corrected chi connectivity index (χ3v) is 4.15. The van der Waals surface area contributed by atoms with Crippen LogP contribution in [-0.4, -0.2) is 17.9 Å². The van der Waals surface area contributed by atoms with Crippen LogP contribution in [0.5, 0.6) is 0 Å². The van der Waals surface area contributed by atoms with Gasteiger partial charge in [0.1, 0.15) is 11.9 Å². The summed E-state index contributed by atoms with van der Waals surface area (Å²) in [7, 11) is 0. The molecule has 3 heteroatoms. The Morgan fingerprint density at radius 1 is 1.08 bits per heavy atom. The fourth-order valence-corrected chi connectivity index (χ4v) is 3.12. The molecule has 0 radical (unpaired) electrons. The number of carbonyl (C=O) groups is 2. The third-order valence-electron chi connectivity index (χ3n) is 4.15. The van der Waals surface area contributed by atoms with Crippen LogP contribution < -0.4 is 0 Å². The van der Waals surface area contributed by atoms with E-state index >= 15 is 0 Å². The molecule has 0 aliphatic rings. The van der Waals surface area contributed by atoms with Gasteiger partial charge in [-0.2, -0.15) is 0 Å². The van der Waals surface area contributed by atoms with Crippen LogP contribution in [0.4, 0.5) is 0 Å². The van der Waals surface area contributed by atoms with Crippen molar-refractivity contribution in [2.24, 2.45) is 5.92 Å². The number of ether oxygens (including phenoxy) is 1. The average Bonchev–Trinajstić information content (AvgIpc) is 2.61. The first kappa shape index (κ1) is 19.6. The van der Waals surface area contributed by atoms with Gasteiger partial charge in [0.05, 0.1) is 5.92 Å². The van der Waals surface area contributed by atoms with Crippen molar-refractivity contribution in [2.75, 3.05) is 0 Å². The number of hydrogen-bond acceptors (Lipinski definition) is 3. The van der Waals surface area contributed by atoms with E-state index in [1.165, 1.54) is 0 Å². The van der Waals surface area contributed by atoms with Crippen LogP contribution >= 0.6 is 0 Å². The highest BCUT2D eigenvalue weighted by Crippen LogP contribution is 2.37. The van der Waals surface area contributed by atoms with Gasteiger partial charge < -0.3 is 4.74 Å². The molecular weight excluding hydrogens is 324 g/mol. The van der Waals surface area contributed by atoms with Crippen molar-refractivity contribution >= 4 is 12.3 Å². The lowest BCUT2D eigenvalue weighted by Gasteiger charge is -2.30. The predicted molar refractivity (Wildman–Crippen MR) is 104 cm³/mol. The minimum absolute atomic E-state index is 0.285. The van der Waals surface area contributed by atoms with Crippen LogP contribution in [-0.2, 0) is 9.53 Å². The summed E-state index contributed by atoms with van der Waals surface area (Å²) in [6, 6.07) is 17.2. The topological polar surface area (TPSA) is 43.4 Å². The zero-order chi connectivity index (χ0) is 19.2. The maximum atomic E-state index is 13.0. The second-order valence-corrected chi connectivity index (χ2v) is 7.30. The Labute approximate surface area is 155 Å². The summed E-state index contributed by atoms with van der Waals surface area (Å²) in [6.45, 7) is 9.38. The average molecular weight is 350 g/mol. The Morgan fingerprint density at radius 3 is 2.27 bits per heavy atom. The molecule has 0 spiro atoms. The fraction of sp³-hybridized carbons (Fsp3) is 0.304. The summed E-state index contributed by atoms with van der Waals surface area (Å²) in [6.07, 6.45) is 3.03. The predicted octanol–water partition coefficient (Wildman–Crippen LogP) is 5.17. The summed E-state index contributed by atoms with van der Waals surface area (Å²) >= 11 is 0. The van der Waals surface area contributed by atoms with E-state index in [9.17, 15) is 9.59 Å². The number of esters is 1. The minimum atomic E-state index is -0.581. The molecule has 0 amide bonds. The molecule has 0 aliphatic carbocycles. The molecule has 0 bridgehead atoms. The first-order valence-electron chi connectivity index (χ1n) is 8.80. The Hall–Kier alpha value is -2.68. The van der Waals surface area contributed by atoms with E-state index in [-0.39, 0.29) is 11.9 Å². The van der Waals surface area contributed by atoms with Crippen molar-refractivity contribution in [3.63, 3.8) is 0 Å². The molecule has 136 valence electrons. The van der Waals surface area contributed by atoms with E-state index < -0.39 is 11.5 Å². The number of allylic oxidation sites excluding steroid dienone is 1. The van der Waals surface area contributed by atoms with Gasteiger partial charge in [-0.3, -0.25) is 9.59 Å². The van der Waals surface area contributed by atoms with Crippen LogP contribution in [0.3, 0.4) is 0 Å². The van der Waals surface area contributed by atoms with Gasteiger partial charge in [0.2, 0.25) is 0 Å². The lowest BCUT2D eigenvalue weighted by molar-refractivity contribution is -0.160. The van der Waals surface area contributed by atoms with E-state index in [1.54, 1.807) is 12.1 Å². The molecule has 2 rings (SSSR count). The van der Waals surface area contributed by atoms with E-state index in [0.29, 0.717) is 12.0 Å². The number of aldehydes is 1. The SMILES string of the molecule is C=CCC(C(=O)OC(C)(C)C)[C@@H](c1ccccc1)c1ccccc1C=O. The maximum Gasteiger partial charge on any atom is 0.310 e. The summed E-state index contributed by atoms with van der Waals surface area (Å²) < 4.78 is 5.67. The lowest BCUT2D eigenvalue weighted by Crippen LogP contribution is -2.32. The van der Waals surface area contributed by atoms with Gasteiger partial charge in [-0.05, 0) is 38.3 Å². The smallest absolute Gasteiger partial charge is 0.310 e. The van der Waals surface area contributed by atoms with Gasteiger partial charge in [-0.15, -0.1) is 6.58 Å². The van der Waals surface area contributed by atoms with E-state index in [1.807, 2.05) is 69.3 Å². The molecule has 0 N–H and O–H groups in total. The Kier molecular flexibility index (Phi) is 6.51. The highest BCUT2D eigenvalue weighted by Gasteiger charge is 2.34. The van der Waals surface area contributed by atoms with Gasteiger partial charge in [-0.1, -0.05) is 60.7 Å². The largest absolute Gasteiger partial charge is 0.460 e. The molecule has 2 aromatic carbocycles. The summed E-state index contributed by atoms with van der Waals surface area (Å²) in [5.74, 6) is -1.03. The summed E-state index contributed by atoms with van der Waals surface area (Å²) in [5, 5.41) is 0. The van der Waals surface area contributed by atoms with Crippen molar-refractivity contribution < 1.29 is 14.3 Å². The molecule has 2 aromatic rings. The molecule has 0 saturated carbocycles. The maximum absolute atomic E-state index is 13.0. The molecule has 3 nitrogen and oxygen atoms in total. The molecule has 1 unspecified atom stereocenters. The Bertz CT molecular complexity index is 757. The van der Waals surface area contributed by atoms with Crippen LogP contribution in [0, 0.1) is 5.92 Å². The molecule has 26 heavy (non-hydrogen) atoms. The fourth-order valence-electron chi connectivity index (χ4n) is 3.12. The molecule has 0 heterocycles. The molecule has 2 atom stereocenters. The van der Waals surface area contributed by atoms with Gasteiger partial charge in [0.15, 0.2) is 0 Å². The van der Waals surface area contributed by atoms with Crippen molar-refractivity contribution in [3.05, 3.63) is 83.9 Å². The van der Waals surface area contributed by atoms with Gasteiger partial charge in [-0.25, -0.2) is 0 Å². The van der Waals surface area contributed by atoms with E-state index in [2.05, 4.69) is 6.58 Å². The first-order chi connectivity index (χ1) is 12.4. The van der Waals surface area contributed by atoms with E-state index in [4.69, 9.17) is 4.74 Å². The van der Waals surface area contributed by atoms with E-state index in [0.717, 1.165) is 17.4 Å². The lowest BCUT2D eigenvalue weighted by atomic mass is 9.77. The number of rotatable bonds is 7. The second-order valence-electron chi connectivity index (χ2n) is 7.30. The van der Waals surface area contributed by atoms with Crippen molar-refractivity contribution in [2.45, 2.75) is 38.7 Å². The van der Waals surface area contributed by atoms with Gasteiger partial charge in [0.25, 0.3) is 0 Å². The van der Waals surface area contributed by atoms with Crippen molar-refractivity contribution in [3.8, 4) is 0 Å². The van der Waals surface area contributed by atoms with Gasteiger partial charge >= 0.3 is 5.97 Å². The van der Waals surface area contributed by atoms with Crippen LogP contribution in [0.25, 0.3) is 0 Å². The van der Waals surface area contributed by atoms with Crippen LogP contribution in [0.1, 0.15) is 54.6 Å². The first-order valence-corrected chi connectivity index (χ1v) is 8.80. The van der Waals surface area contributed by atoms with Crippen molar-refractivity contribution in [1.82, 2.24) is 0 Å². The Morgan fingerprint density at radius 2 is 1.69 bits per heavy atom. The zero-order valence-corrected chi connectivity index (χ0v) is 15.6. The van der Waals surface area contributed by atoms with Crippen LogP contribution in [0.15, 0.2) is 67.3 Å². The van der Waals surface area contributed by atoms with Gasteiger partial charge in [0, 0.05) is 11.5 Å². The Balaban J connectivity index is 2.58. The highest BCUT2D eigenvalue weighted by atomic mass is 16.6. The number of hydrogen-bond donors (Lipinski definition) is 0. The van der Waals surface area contributed by atoms with Crippen LogP contribution in [0.2, 0.25) is 0 Å². The minimum Gasteiger partial charge on any atom is -0.460 e. The molecule has 0 aliphatic heterocycles. The monoisotopic (exact) mass is 350 g/mol. The normalized spacial score (nSPS) is 13.5. The zero-order valence-electron chi connectivity index (χ0n) is 15.6. The standard InChI is InChI=1S/C23H26O3/c1-5-11-20(22(25)26-23(2,3)4)21(17-12-7-6-8-13-17)19-15-10-9-14-18(19)16-24/h5-10,12-16,20-21H,1,11H2,2-4H3/t20?,21-/m0/s1. The summed E-state index contributed by atoms with van der Waals surface area (Å²) in [5.41, 5.74) is 1.80. The number of carbonyl (C=O) groups excluding carboxylic acids is 2. The highest BCUT2D eigenvalue weighted by molar-refractivity contribution is 5.80. The molecule has 0 aromatic heterocycles. The van der Waals surface area contributed by atoms with Crippen molar-refractivity contribution in [1.29, 1.82) is 0 Å². The molecule has 0 fully saturated rings. The number of benzene rings is 2.